The summed E-state index contributed by atoms with van der Waals surface area (Å²) in [5.74, 6) is 0. The molecule has 0 aromatic rings. The second kappa shape index (κ2) is 1.62. The molecule has 0 amide bonds. The van der Waals surface area contributed by atoms with Crippen LogP contribution in [0.3, 0.4) is 0 Å². The van der Waals surface area contributed by atoms with Gasteiger partial charge in [-0.25, -0.2) is 0 Å². The fraction of sp³-hybridized carbons (Fsp3) is 0. The van der Waals surface area contributed by atoms with E-state index >= 15 is 0 Å². The second-order valence-electron chi connectivity index (χ2n) is 0.786. The molecule has 0 unspecified atom stereocenters. The molecule has 0 saturated heterocycles. The first-order valence-electron chi connectivity index (χ1n) is 1.14. The summed E-state index contributed by atoms with van der Waals surface area (Å²) in [6.45, 7) is 0. The van der Waals surface area contributed by atoms with Gasteiger partial charge in [-0.05, 0) is 0 Å². The summed E-state index contributed by atoms with van der Waals surface area (Å²) in [4.78, 5) is 0. The van der Waals surface area contributed by atoms with Crippen LogP contribution in [0.2, 0.25) is 0 Å². The van der Waals surface area contributed by atoms with Crippen molar-refractivity contribution < 1.29 is 24.6 Å². The first-order valence-corrected chi connectivity index (χ1v) is 4.43. The monoisotopic (exact) mass is 166 g/mol. The van der Waals surface area contributed by atoms with Crippen LogP contribution in [-0.4, -0.2) is 16.8 Å². The third-order valence-corrected chi connectivity index (χ3v) is 2.14. The number of hydrogen-bond donors (Lipinski definition) is 0. The van der Waals surface area contributed by atoms with E-state index in [0.29, 0.717) is 0 Å². The summed E-state index contributed by atoms with van der Waals surface area (Å²) < 4.78 is 57.9. The largest absolute Gasteiger partial charge is 0.439 e. The van der Waals surface area contributed by atoms with Gasteiger partial charge in [0.25, 0.3) is 0 Å². The van der Waals surface area contributed by atoms with Crippen molar-refractivity contribution in [3.05, 3.63) is 0 Å². The Kier molecular flexibility index (Phi) is 1.57. The van der Waals surface area contributed by atoms with Gasteiger partial charge < -0.3 is 0 Å². The molecule has 0 rings (SSSR count). The Bertz CT molecular complexity index is 224. The fourth-order valence-corrected chi connectivity index (χ4v) is 0. The van der Waals surface area contributed by atoms with Gasteiger partial charge in [0, 0.05) is 0 Å². The van der Waals surface area contributed by atoms with Gasteiger partial charge in [-0.15, -0.1) is 0 Å². The quantitative estimate of drug-likeness (QED) is 0.389. The molecule has 0 bridgehead atoms. The lowest BCUT2D eigenvalue weighted by molar-refractivity contribution is 0.533. The minimum absolute atomic E-state index is 6.03. The Balaban J connectivity index is 5.18. The molecule has 0 aliphatic carbocycles. The molecule has 0 spiro atoms. The number of halogens is 2. The van der Waals surface area contributed by atoms with Crippen LogP contribution in [0.25, 0.3) is 0 Å². The highest BCUT2D eigenvalue weighted by atomic mass is 33.2. The van der Waals surface area contributed by atoms with Crippen molar-refractivity contribution in [2.24, 2.45) is 0 Å². The maximum absolute atomic E-state index is 10.9. The summed E-state index contributed by atoms with van der Waals surface area (Å²) in [5, 5.41) is 0. The van der Waals surface area contributed by atoms with E-state index in [1.807, 2.05) is 0 Å². The molecule has 0 heterocycles. The highest BCUT2D eigenvalue weighted by molar-refractivity contribution is 8.63. The maximum Gasteiger partial charge on any atom is 0.439 e. The number of hydrogen-bond acceptors (Lipinski definition) is 4. The zero-order valence-corrected chi connectivity index (χ0v) is 4.84. The molecule has 0 aromatic heterocycles. The van der Waals surface area contributed by atoms with Crippen molar-refractivity contribution in [1.82, 2.24) is 0 Å². The van der Waals surface area contributed by atoms with Crippen LogP contribution in [0.1, 0.15) is 0 Å². The van der Waals surface area contributed by atoms with Crippen LogP contribution in [0.15, 0.2) is 0 Å². The van der Waals surface area contributed by atoms with Crippen molar-refractivity contribution in [3.63, 3.8) is 0 Å². The van der Waals surface area contributed by atoms with Gasteiger partial charge in [-0.1, -0.05) is 7.77 Å². The molecule has 0 saturated carbocycles. The highest BCUT2D eigenvalue weighted by Gasteiger charge is 2.27. The normalized spacial score (nSPS) is 13.8. The minimum atomic E-state index is -6.03. The van der Waals surface area contributed by atoms with E-state index in [1.165, 1.54) is 0 Å². The van der Waals surface area contributed by atoms with E-state index in [0.717, 1.165) is 0 Å². The molecular weight excluding hydrogens is 166 g/mol. The van der Waals surface area contributed by atoms with Crippen molar-refractivity contribution in [3.8, 4) is 0 Å². The average Bonchev–Trinajstić information content (AvgIpc) is 1.25. The molecule has 8 heavy (non-hydrogen) atoms. The van der Waals surface area contributed by atoms with E-state index in [2.05, 4.69) is 0 Å². The predicted molar refractivity (Wildman–Crippen MR) is 20.1 cm³/mol. The van der Waals surface area contributed by atoms with Crippen molar-refractivity contribution in [1.29, 1.82) is 0 Å². The highest BCUT2D eigenvalue weighted by Crippen LogP contribution is 2.04. The van der Waals surface area contributed by atoms with Gasteiger partial charge in [0.15, 0.2) is 0 Å². The van der Waals surface area contributed by atoms with E-state index in [4.69, 9.17) is 16.8 Å². The fourth-order valence-electron chi connectivity index (χ4n) is 0. The third kappa shape index (κ3) is 1.70. The van der Waals surface area contributed by atoms with Gasteiger partial charge >= 0.3 is 18.5 Å². The molecule has 0 aliphatic heterocycles. The first kappa shape index (κ1) is 7.76. The number of rotatable bonds is 1. The molecule has 50 valence electrons. The van der Waals surface area contributed by atoms with E-state index in [9.17, 15) is 7.77 Å². The molecule has 8 heteroatoms. The van der Waals surface area contributed by atoms with Gasteiger partial charge in [0.1, 0.15) is 0 Å². The van der Waals surface area contributed by atoms with E-state index in [1.54, 1.807) is 0 Å². The van der Waals surface area contributed by atoms with Crippen LogP contribution in [0.4, 0.5) is 7.77 Å². The lowest BCUT2D eigenvalue weighted by atomic mass is 15.9. The molecule has 0 aliphatic rings. The van der Waals surface area contributed by atoms with Crippen LogP contribution < -0.4 is 0 Å². The zero-order chi connectivity index (χ0) is 7.00. The van der Waals surface area contributed by atoms with E-state index in [-0.39, 0.29) is 0 Å². The van der Waals surface area contributed by atoms with Crippen molar-refractivity contribution >= 4 is 18.5 Å². The van der Waals surface area contributed by atoms with Gasteiger partial charge in [0.2, 0.25) is 0 Å². The van der Waals surface area contributed by atoms with Crippen molar-refractivity contribution in [2.75, 3.05) is 0 Å². The molecule has 0 atom stereocenters. The zero-order valence-electron chi connectivity index (χ0n) is 3.21. The lowest BCUT2D eigenvalue weighted by Gasteiger charge is -1.78. The van der Waals surface area contributed by atoms with Crippen LogP contribution in [0.5, 0.6) is 0 Å². The molecular formula is F2O4S2. The standard InChI is InChI=1S/F2O4S2/c1-7(3,4)8(2,5)6. The Morgan fingerprint density at radius 1 is 0.750 bits per heavy atom. The summed E-state index contributed by atoms with van der Waals surface area (Å²) in [5.41, 5.74) is 0. The van der Waals surface area contributed by atoms with Crippen molar-refractivity contribution in [2.45, 2.75) is 0 Å². The van der Waals surface area contributed by atoms with Crippen LogP contribution in [-0.2, 0) is 18.5 Å². The summed E-state index contributed by atoms with van der Waals surface area (Å²) in [6.07, 6.45) is 0. The first-order chi connectivity index (χ1) is 3.25. The summed E-state index contributed by atoms with van der Waals surface area (Å²) in [6, 6.07) is 0. The predicted octanol–water partition coefficient (Wildman–Crippen LogP) is -0.500. The van der Waals surface area contributed by atoms with Gasteiger partial charge in [-0.2, -0.15) is 16.8 Å². The minimum Gasteiger partial charge on any atom is -0.175 e. The SMILES string of the molecule is O=S(=O)(F)S(=O)(=O)F. The van der Waals surface area contributed by atoms with Gasteiger partial charge in [-0.3, -0.25) is 0 Å². The topological polar surface area (TPSA) is 68.3 Å². The second-order valence-corrected chi connectivity index (χ2v) is 4.75. The molecule has 4 nitrogen and oxygen atoms in total. The summed E-state index contributed by atoms with van der Waals surface area (Å²) >= 11 is 0. The Labute approximate surface area is 43.9 Å². The van der Waals surface area contributed by atoms with Crippen LogP contribution >= 0.6 is 0 Å². The summed E-state index contributed by atoms with van der Waals surface area (Å²) in [7, 11) is -12.1. The van der Waals surface area contributed by atoms with Crippen LogP contribution in [0, 0.1) is 0 Å². The lowest BCUT2D eigenvalue weighted by Crippen LogP contribution is -2.01. The molecule has 0 radical (unpaired) electrons. The molecule has 0 aromatic carbocycles. The average molecular weight is 166 g/mol. The molecule has 0 N–H and O–H groups in total. The molecule has 0 fully saturated rings. The third-order valence-electron chi connectivity index (χ3n) is 0.238. The smallest absolute Gasteiger partial charge is 0.175 e. The Hall–Kier alpha value is -0.240. The Morgan fingerprint density at radius 3 is 0.875 bits per heavy atom. The Morgan fingerprint density at radius 2 is 0.875 bits per heavy atom. The maximum atomic E-state index is 10.9. The van der Waals surface area contributed by atoms with Gasteiger partial charge in [0.05, 0.1) is 0 Å². The van der Waals surface area contributed by atoms with E-state index < -0.39 is 18.5 Å².